The third kappa shape index (κ3) is 5.26. The SMILES string of the molecule is CCCCN1CC(C(=O)Nc2ccc(C(=O)Nc3ccccc3CC)cc2)CC1=O. The van der Waals surface area contributed by atoms with Crippen molar-refractivity contribution in [2.24, 2.45) is 5.92 Å². The van der Waals surface area contributed by atoms with Gasteiger partial charge in [-0.3, -0.25) is 14.4 Å². The fourth-order valence-electron chi connectivity index (χ4n) is 3.61. The standard InChI is InChI=1S/C24H29N3O3/c1-3-5-14-27-16-19(15-22(27)28)24(30)25-20-12-10-18(11-13-20)23(29)26-21-9-7-6-8-17(21)4-2/h6-13,19H,3-5,14-16H2,1-2H3,(H,25,30)(H,26,29). The van der Waals surface area contributed by atoms with E-state index in [1.54, 1.807) is 29.2 Å². The van der Waals surface area contributed by atoms with E-state index in [1.165, 1.54) is 0 Å². The molecule has 30 heavy (non-hydrogen) atoms. The average molecular weight is 408 g/mol. The lowest BCUT2D eigenvalue weighted by Crippen LogP contribution is -2.29. The van der Waals surface area contributed by atoms with Gasteiger partial charge >= 0.3 is 0 Å². The van der Waals surface area contributed by atoms with Crippen LogP contribution >= 0.6 is 0 Å². The van der Waals surface area contributed by atoms with Gasteiger partial charge in [0.15, 0.2) is 0 Å². The van der Waals surface area contributed by atoms with Gasteiger partial charge in [-0.2, -0.15) is 0 Å². The zero-order chi connectivity index (χ0) is 21.5. The Morgan fingerprint density at radius 3 is 2.47 bits per heavy atom. The number of para-hydroxylation sites is 1. The molecular weight excluding hydrogens is 378 g/mol. The van der Waals surface area contributed by atoms with Crippen molar-refractivity contribution in [1.82, 2.24) is 4.90 Å². The molecule has 6 nitrogen and oxygen atoms in total. The Labute approximate surface area is 177 Å². The molecule has 1 atom stereocenters. The Bertz CT molecular complexity index is 908. The fraction of sp³-hybridized carbons (Fsp3) is 0.375. The second kappa shape index (κ2) is 10.1. The first-order valence-electron chi connectivity index (χ1n) is 10.6. The van der Waals surface area contributed by atoms with Gasteiger partial charge in [0.25, 0.3) is 5.91 Å². The second-order valence-corrected chi connectivity index (χ2v) is 7.63. The van der Waals surface area contributed by atoms with E-state index < -0.39 is 0 Å². The predicted octanol–water partition coefficient (Wildman–Crippen LogP) is 4.09. The third-order valence-electron chi connectivity index (χ3n) is 5.43. The van der Waals surface area contributed by atoms with E-state index in [0.717, 1.165) is 30.5 Å². The van der Waals surface area contributed by atoms with Crippen LogP contribution in [-0.4, -0.2) is 35.7 Å². The highest BCUT2D eigenvalue weighted by molar-refractivity contribution is 6.05. The molecular formula is C24H29N3O3. The number of amides is 3. The quantitative estimate of drug-likeness (QED) is 0.692. The molecule has 158 valence electrons. The zero-order valence-corrected chi connectivity index (χ0v) is 17.6. The first-order valence-corrected chi connectivity index (χ1v) is 10.6. The predicted molar refractivity (Wildman–Crippen MR) is 118 cm³/mol. The molecule has 0 saturated carbocycles. The molecule has 1 unspecified atom stereocenters. The summed E-state index contributed by atoms with van der Waals surface area (Å²) in [7, 11) is 0. The number of carbonyl (C=O) groups excluding carboxylic acids is 3. The molecule has 1 saturated heterocycles. The third-order valence-corrected chi connectivity index (χ3v) is 5.43. The molecule has 2 N–H and O–H groups in total. The molecule has 6 heteroatoms. The minimum atomic E-state index is -0.331. The van der Waals surface area contributed by atoms with Crippen LogP contribution < -0.4 is 10.6 Å². The van der Waals surface area contributed by atoms with E-state index >= 15 is 0 Å². The van der Waals surface area contributed by atoms with Gasteiger partial charge in [-0.15, -0.1) is 0 Å². The average Bonchev–Trinajstić information content (AvgIpc) is 3.13. The minimum absolute atomic E-state index is 0.0444. The first-order chi connectivity index (χ1) is 14.5. The number of nitrogens with zero attached hydrogens (tertiary/aromatic N) is 1. The van der Waals surface area contributed by atoms with E-state index in [1.807, 2.05) is 31.2 Å². The van der Waals surface area contributed by atoms with Crippen molar-refractivity contribution in [3.63, 3.8) is 0 Å². The molecule has 1 aliphatic heterocycles. The lowest BCUT2D eigenvalue weighted by Gasteiger charge is -2.16. The van der Waals surface area contributed by atoms with Crippen LogP contribution in [0.3, 0.4) is 0 Å². The lowest BCUT2D eigenvalue weighted by atomic mass is 10.1. The highest BCUT2D eigenvalue weighted by Crippen LogP contribution is 2.21. The van der Waals surface area contributed by atoms with Crippen molar-refractivity contribution < 1.29 is 14.4 Å². The maximum absolute atomic E-state index is 12.5. The normalized spacial score (nSPS) is 15.9. The first kappa shape index (κ1) is 21.6. The number of hydrogen-bond donors (Lipinski definition) is 2. The van der Waals surface area contributed by atoms with Crippen molar-refractivity contribution >= 4 is 29.1 Å². The molecule has 2 aromatic rings. The topological polar surface area (TPSA) is 78.5 Å². The maximum atomic E-state index is 12.5. The molecule has 2 aromatic carbocycles. The van der Waals surface area contributed by atoms with Gasteiger partial charge in [0.05, 0.1) is 5.92 Å². The summed E-state index contributed by atoms with van der Waals surface area (Å²) in [6, 6.07) is 14.5. The number of carbonyl (C=O) groups is 3. The van der Waals surface area contributed by atoms with Gasteiger partial charge in [0.1, 0.15) is 0 Å². The molecule has 1 fully saturated rings. The smallest absolute Gasteiger partial charge is 0.255 e. The summed E-state index contributed by atoms with van der Waals surface area (Å²) in [5.74, 6) is -0.635. The molecule has 0 radical (unpaired) electrons. The van der Waals surface area contributed by atoms with Gasteiger partial charge < -0.3 is 15.5 Å². The van der Waals surface area contributed by atoms with Crippen molar-refractivity contribution in [1.29, 1.82) is 0 Å². The summed E-state index contributed by atoms with van der Waals surface area (Å²) in [4.78, 5) is 38.9. The molecule has 3 rings (SSSR count). The molecule has 0 aromatic heterocycles. The van der Waals surface area contributed by atoms with Crippen molar-refractivity contribution in [2.75, 3.05) is 23.7 Å². The summed E-state index contributed by atoms with van der Waals surface area (Å²) in [6.07, 6.45) is 3.06. The Kier molecular flexibility index (Phi) is 7.22. The van der Waals surface area contributed by atoms with E-state index in [9.17, 15) is 14.4 Å². The Morgan fingerprint density at radius 2 is 1.77 bits per heavy atom. The highest BCUT2D eigenvalue weighted by atomic mass is 16.2. The fourth-order valence-corrected chi connectivity index (χ4v) is 3.61. The number of hydrogen-bond acceptors (Lipinski definition) is 3. The van der Waals surface area contributed by atoms with E-state index in [0.29, 0.717) is 24.3 Å². The molecule has 3 amide bonds. The van der Waals surface area contributed by atoms with Crippen LogP contribution in [0.15, 0.2) is 48.5 Å². The van der Waals surface area contributed by atoms with Crippen molar-refractivity contribution in [3.8, 4) is 0 Å². The summed E-state index contributed by atoms with van der Waals surface area (Å²) in [6.45, 7) is 5.31. The molecule has 1 heterocycles. The number of anilines is 2. The van der Waals surface area contributed by atoms with Gasteiger partial charge in [-0.1, -0.05) is 38.5 Å². The Hall–Kier alpha value is -3.15. The lowest BCUT2D eigenvalue weighted by molar-refractivity contribution is -0.128. The summed E-state index contributed by atoms with van der Waals surface area (Å²) < 4.78 is 0. The molecule has 1 aliphatic rings. The number of benzene rings is 2. The Balaban J connectivity index is 1.57. The van der Waals surface area contributed by atoms with Crippen molar-refractivity contribution in [2.45, 2.75) is 39.5 Å². The Morgan fingerprint density at radius 1 is 1.03 bits per heavy atom. The maximum Gasteiger partial charge on any atom is 0.255 e. The van der Waals surface area contributed by atoms with Crippen molar-refractivity contribution in [3.05, 3.63) is 59.7 Å². The van der Waals surface area contributed by atoms with Crippen LogP contribution in [0.5, 0.6) is 0 Å². The molecule has 0 aliphatic carbocycles. The summed E-state index contributed by atoms with van der Waals surface area (Å²) in [5, 5.41) is 5.81. The van der Waals surface area contributed by atoms with Gasteiger partial charge in [-0.05, 0) is 48.7 Å². The van der Waals surface area contributed by atoms with Crippen LogP contribution in [0, 0.1) is 5.92 Å². The highest BCUT2D eigenvalue weighted by Gasteiger charge is 2.33. The van der Waals surface area contributed by atoms with Crippen LogP contribution in [0.2, 0.25) is 0 Å². The van der Waals surface area contributed by atoms with E-state index in [2.05, 4.69) is 17.6 Å². The second-order valence-electron chi connectivity index (χ2n) is 7.63. The summed E-state index contributed by atoms with van der Waals surface area (Å²) >= 11 is 0. The number of nitrogens with one attached hydrogen (secondary N) is 2. The minimum Gasteiger partial charge on any atom is -0.342 e. The van der Waals surface area contributed by atoms with Crippen LogP contribution in [0.4, 0.5) is 11.4 Å². The number of unbranched alkanes of at least 4 members (excludes halogenated alkanes) is 1. The van der Waals surface area contributed by atoms with Crippen LogP contribution in [0.1, 0.15) is 49.0 Å². The zero-order valence-electron chi connectivity index (χ0n) is 17.6. The van der Waals surface area contributed by atoms with Gasteiger partial charge in [0.2, 0.25) is 11.8 Å². The number of likely N-dealkylation sites (tertiary alicyclic amines) is 1. The number of rotatable bonds is 8. The van der Waals surface area contributed by atoms with Gasteiger partial charge in [0, 0.05) is 36.4 Å². The van der Waals surface area contributed by atoms with E-state index in [-0.39, 0.29) is 30.1 Å². The largest absolute Gasteiger partial charge is 0.342 e. The number of aryl methyl sites for hydroxylation is 1. The molecule has 0 spiro atoms. The van der Waals surface area contributed by atoms with Crippen LogP contribution in [0.25, 0.3) is 0 Å². The van der Waals surface area contributed by atoms with Gasteiger partial charge in [-0.25, -0.2) is 0 Å². The summed E-state index contributed by atoms with van der Waals surface area (Å²) in [5.41, 5.74) is 3.01. The monoisotopic (exact) mass is 407 g/mol. The molecule has 0 bridgehead atoms. The van der Waals surface area contributed by atoms with Crippen LogP contribution in [-0.2, 0) is 16.0 Å². The van der Waals surface area contributed by atoms with E-state index in [4.69, 9.17) is 0 Å².